The Labute approximate surface area is 299 Å². The number of hydrogen-bond donors (Lipinski definition) is 0. The standard InChI is InChI=1S/C40H45ClN4O5/c1-40(2,3)50-39(47)45-25-23-43(24-26-45)32-13-16-34(17-14-32)49-37-27-33(15-18-36(37)38(46)48-4)44-21-19-42(20-22-44)28-30-7-5-6-8-35(30)29-9-11-31(41)12-10-29/h5-18,27H,19-26,28H2,1-4H3. The minimum atomic E-state index is -0.515. The van der Waals surface area contributed by atoms with Crippen molar-refractivity contribution in [2.24, 2.45) is 0 Å². The number of amides is 1. The number of ether oxygens (including phenoxy) is 3. The van der Waals surface area contributed by atoms with Gasteiger partial charge in [-0.3, -0.25) is 4.90 Å². The van der Waals surface area contributed by atoms with Crippen molar-refractivity contribution in [2.45, 2.75) is 32.9 Å². The Hall–Kier alpha value is -4.73. The normalized spacial score (nSPS) is 15.5. The first-order valence-corrected chi connectivity index (χ1v) is 17.5. The highest BCUT2D eigenvalue weighted by atomic mass is 35.5. The molecule has 0 aromatic heterocycles. The van der Waals surface area contributed by atoms with Crippen molar-refractivity contribution in [3.8, 4) is 22.6 Å². The fourth-order valence-corrected chi connectivity index (χ4v) is 6.50. The van der Waals surface area contributed by atoms with Crippen LogP contribution in [0.4, 0.5) is 16.2 Å². The lowest BCUT2D eigenvalue weighted by atomic mass is 9.99. The molecule has 0 unspecified atom stereocenters. The van der Waals surface area contributed by atoms with Gasteiger partial charge in [0.05, 0.1) is 7.11 Å². The molecule has 0 atom stereocenters. The summed E-state index contributed by atoms with van der Waals surface area (Å²) in [7, 11) is 1.38. The van der Waals surface area contributed by atoms with Crippen molar-refractivity contribution in [3.05, 3.63) is 107 Å². The van der Waals surface area contributed by atoms with Crippen LogP contribution < -0.4 is 14.5 Å². The summed E-state index contributed by atoms with van der Waals surface area (Å²) in [6.45, 7) is 12.6. The minimum Gasteiger partial charge on any atom is -0.465 e. The summed E-state index contributed by atoms with van der Waals surface area (Å²) in [5.41, 5.74) is 5.56. The number of carbonyl (C=O) groups excluding carboxylic acids is 2. The molecule has 10 heteroatoms. The van der Waals surface area contributed by atoms with Gasteiger partial charge in [-0.1, -0.05) is 48.0 Å². The second-order valence-corrected chi connectivity index (χ2v) is 14.1. The molecule has 0 N–H and O–H groups in total. The van der Waals surface area contributed by atoms with Crippen molar-refractivity contribution in [1.29, 1.82) is 0 Å². The Kier molecular flexibility index (Phi) is 10.8. The molecule has 6 rings (SSSR count). The maximum Gasteiger partial charge on any atom is 0.410 e. The van der Waals surface area contributed by atoms with E-state index in [1.807, 2.05) is 69.3 Å². The van der Waals surface area contributed by atoms with Gasteiger partial charge in [-0.2, -0.15) is 0 Å². The first kappa shape index (κ1) is 35.1. The maximum absolute atomic E-state index is 12.7. The molecule has 0 radical (unpaired) electrons. The maximum atomic E-state index is 12.7. The van der Waals surface area contributed by atoms with Gasteiger partial charge in [0.15, 0.2) is 0 Å². The van der Waals surface area contributed by atoms with Crippen LogP contribution in [0.1, 0.15) is 36.7 Å². The Bertz CT molecular complexity index is 1780. The second-order valence-electron chi connectivity index (χ2n) is 13.6. The lowest BCUT2D eigenvalue weighted by Crippen LogP contribution is -2.50. The molecule has 1 amide bonds. The molecule has 2 heterocycles. The van der Waals surface area contributed by atoms with Gasteiger partial charge in [0, 0.05) is 81.4 Å². The predicted molar refractivity (Wildman–Crippen MR) is 199 cm³/mol. The van der Waals surface area contributed by atoms with Crippen LogP contribution in [0, 0.1) is 0 Å². The molecule has 50 heavy (non-hydrogen) atoms. The molecule has 2 saturated heterocycles. The number of carbonyl (C=O) groups is 2. The van der Waals surface area contributed by atoms with E-state index in [1.54, 1.807) is 11.0 Å². The molecule has 0 aliphatic carbocycles. The number of benzene rings is 4. The molecule has 4 aromatic carbocycles. The summed E-state index contributed by atoms with van der Waals surface area (Å²) in [6.07, 6.45) is -0.276. The van der Waals surface area contributed by atoms with Gasteiger partial charge >= 0.3 is 12.1 Å². The number of rotatable bonds is 8. The van der Waals surface area contributed by atoms with Gasteiger partial charge in [-0.25, -0.2) is 9.59 Å². The van der Waals surface area contributed by atoms with Crippen LogP contribution in [0.2, 0.25) is 5.02 Å². The third-order valence-electron chi connectivity index (χ3n) is 9.04. The van der Waals surface area contributed by atoms with Crippen molar-refractivity contribution in [3.63, 3.8) is 0 Å². The third kappa shape index (κ3) is 8.70. The SMILES string of the molecule is COC(=O)c1ccc(N2CCN(Cc3ccccc3-c3ccc(Cl)cc3)CC2)cc1Oc1ccc(N2CCN(C(=O)OC(C)(C)C)CC2)cc1. The van der Waals surface area contributed by atoms with Crippen LogP contribution in [0.3, 0.4) is 0 Å². The third-order valence-corrected chi connectivity index (χ3v) is 9.29. The average Bonchev–Trinajstić information content (AvgIpc) is 3.12. The summed E-state index contributed by atoms with van der Waals surface area (Å²) < 4.78 is 16.9. The smallest absolute Gasteiger partial charge is 0.410 e. The minimum absolute atomic E-state index is 0.276. The zero-order valence-electron chi connectivity index (χ0n) is 29.2. The predicted octanol–water partition coefficient (Wildman–Crippen LogP) is 7.97. The largest absolute Gasteiger partial charge is 0.465 e. The quantitative estimate of drug-likeness (QED) is 0.172. The molecule has 0 spiro atoms. The number of esters is 1. The Morgan fingerprint density at radius 3 is 2.02 bits per heavy atom. The van der Waals surface area contributed by atoms with E-state index >= 15 is 0 Å². The van der Waals surface area contributed by atoms with E-state index in [0.717, 1.165) is 54.7 Å². The Morgan fingerprint density at radius 2 is 1.36 bits per heavy atom. The summed E-state index contributed by atoms with van der Waals surface area (Å²) >= 11 is 6.14. The summed E-state index contributed by atoms with van der Waals surface area (Å²) in [5, 5.41) is 0.733. The molecule has 0 bridgehead atoms. The highest BCUT2D eigenvalue weighted by molar-refractivity contribution is 6.30. The van der Waals surface area contributed by atoms with E-state index in [0.29, 0.717) is 43.2 Å². The lowest BCUT2D eigenvalue weighted by Gasteiger charge is -2.37. The summed E-state index contributed by atoms with van der Waals surface area (Å²) in [4.78, 5) is 34.0. The average molecular weight is 697 g/mol. The number of methoxy groups -OCH3 is 1. The zero-order valence-corrected chi connectivity index (χ0v) is 30.0. The molecule has 9 nitrogen and oxygen atoms in total. The number of hydrogen-bond acceptors (Lipinski definition) is 8. The van der Waals surface area contributed by atoms with Gasteiger partial charge in [0.25, 0.3) is 0 Å². The topological polar surface area (TPSA) is 74.8 Å². The summed E-state index contributed by atoms with van der Waals surface area (Å²) in [6, 6.07) is 30.1. The first-order valence-electron chi connectivity index (χ1n) is 17.1. The molecule has 262 valence electrons. The van der Waals surface area contributed by atoms with Crippen LogP contribution in [0.5, 0.6) is 11.5 Å². The monoisotopic (exact) mass is 696 g/mol. The van der Waals surface area contributed by atoms with Gasteiger partial charge in [0.2, 0.25) is 0 Å². The van der Waals surface area contributed by atoms with E-state index in [2.05, 4.69) is 51.1 Å². The van der Waals surface area contributed by atoms with E-state index < -0.39 is 11.6 Å². The molecular formula is C40H45ClN4O5. The van der Waals surface area contributed by atoms with Gasteiger partial charge in [0.1, 0.15) is 22.7 Å². The van der Waals surface area contributed by atoms with Crippen LogP contribution in [-0.2, 0) is 16.0 Å². The van der Waals surface area contributed by atoms with Crippen LogP contribution in [-0.4, -0.2) is 86.9 Å². The molecule has 2 aliphatic heterocycles. The van der Waals surface area contributed by atoms with Crippen LogP contribution in [0.25, 0.3) is 11.1 Å². The van der Waals surface area contributed by atoms with E-state index in [-0.39, 0.29) is 6.09 Å². The fourth-order valence-electron chi connectivity index (χ4n) is 6.37. The number of halogens is 1. The Balaban J connectivity index is 1.08. The van der Waals surface area contributed by atoms with E-state index in [1.165, 1.54) is 18.2 Å². The highest BCUT2D eigenvalue weighted by Crippen LogP contribution is 2.33. The van der Waals surface area contributed by atoms with Gasteiger partial charge in [-0.05, 0) is 86.0 Å². The highest BCUT2D eigenvalue weighted by Gasteiger charge is 2.26. The first-order chi connectivity index (χ1) is 24.1. The second kappa shape index (κ2) is 15.4. The van der Waals surface area contributed by atoms with Crippen molar-refractivity contribution in [1.82, 2.24) is 9.80 Å². The molecule has 0 saturated carbocycles. The number of anilines is 2. The van der Waals surface area contributed by atoms with E-state index in [9.17, 15) is 9.59 Å². The van der Waals surface area contributed by atoms with Crippen molar-refractivity contribution >= 4 is 35.0 Å². The molecule has 2 fully saturated rings. The fraction of sp³-hybridized carbons (Fsp3) is 0.350. The molecule has 4 aromatic rings. The number of nitrogens with zero attached hydrogens (tertiary/aromatic N) is 4. The van der Waals surface area contributed by atoms with Gasteiger partial charge in [-0.15, -0.1) is 0 Å². The molecule has 2 aliphatic rings. The Morgan fingerprint density at radius 1 is 0.740 bits per heavy atom. The van der Waals surface area contributed by atoms with Crippen molar-refractivity contribution in [2.75, 3.05) is 69.3 Å². The zero-order chi connectivity index (χ0) is 35.3. The van der Waals surface area contributed by atoms with E-state index in [4.69, 9.17) is 25.8 Å². The molecular weight excluding hydrogens is 652 g/mol. The van der Waals surface area contributed by atoms with Gasteiger partial charge < -0.3 is 28.9 Å². The lowest BCUT2D eigenvalue weighted by molar-refractivity contribution is 0.0240. The van der Waals surface area contributed by atoms with Crippen molar-refractivity contribution < 1.29 is 23.8 Å². The number of piperazine rings is 2. The van der Waals surface area contributed by atoms with Crippen LogP contribution in [0.15, 0.2) is 91.0 Å². The summed E-state index contributed by atoms with van der Waals surface area (Å²) in [5.74, 6) is 0.621. The van der Waals surface area contributed by atoms with Crippen LogP contribution >= 0.6 is 11.6 Å².